The predicted octanol–water partition coefficient (Wildman–Crippen LogP) is 8.02. The number of H-pyrrole nitrogens is 2. The van der Waals surface area contributed by atoms with E-state index in [2.05, 4.69) is 45.4 Å². The maximum absolute atomic E-state index is 15.6. The van der Waals surface area contributed by atoms with Gasteiger partial charge in [-0.3, -0.25) is 4.79 Å². The van der Waals surface area contributed by atoms with Crippen LogP contribution in [-0.4, -0.2) is 41.1 Å². The van der Waals surface area contributed by atoms with Gasteiger partial charge in [-0.1, -0.05) is 42.7 Å². The number of benzene rings is 3. The summed E-state index contributed by atoms with van der Waals surface area (Å²) >= 11 is 0. The van der Waals surface area contributed by atoms with E-state index in [0.29, 0.717) is 36.3 Å². The van der Waals surface area contributed by atoms with Gasteiger partial charge in [-0.15, -0.1) is 0 Å². The van der Waals surface area contributed by atoms with Gasteiger partial charge < -0.3 is 24.8 Å². The molecule has 0 aliphatic heterocycles. The Bertz CT molecular complexity index is 1880. The summed E-state index contributed by atoms with van der Waals surface area (Å²) in [5.74, 6) is -0.619. The highest BCUT2D eigenvalue weighted by Gasteiger charge is 2.31. The van der Waals surface area contributed by atoms with E-state index >= 15 is 8.78 Å². The number of carbonyl (C=O) groups excluding carboxylic acids is 1. The average Bonchev–Trinajstić information content (AvgIpc) is 3.74. The number of nitrogens with zero attached hydrogens (tertiary/aromatic N) is 2. The molecule has 0 saturated heterocycles. The molecule has 5 aromatic rings. The number of hydrogen-bond donors (Lipinski definition) is 3. The van der Waals surface area contributed by atoms with Crippen molar-refractivity contribution in [2.75, 3.05) is 13.6 Å². The number of fused-ring (bicyclic) bond motifs is 1. The van der Waals surface area contributed by atoms with Crippen LogP contribution in [0.15, 0.2) is 67.0 Å². The lowest BCUT2D eigenvalue weighted by Gasteiger charge is -2.29. The van der Waals surface area contributed by atoms with E-state index < -0.39 is 23.2 Å². The molecule has 0 fully saturated rings. The average molecular weight is 640 g/mol. The van der Waals surface area contributed by atoms with Gasteiger partial charge in [0.2, 0.25) is 0 Å². The van der Waals surface area contributed by atoms with E-state index in [0.717, 1.165) is 47.9 Å². The number of rotatable bonds is 16. The van der Waals surface area contributed by atoms with Crippen LogP contribution in [0, 0.1) is 29.9 Å². The molecule has 3 N–H and O–H groups in total. The first kappa shape index (κ1) is 33.4. The van der Waals surface area contributed by atoms with Crippen LogP contribution in [0.25, 0.3) is 22.3 Å². The van der Waals surface area contributed by atoms with E-state index in [1.165, 1.54) is 24.3 Å². The van der Waals surface area contributed by atoms with E-state index in [4.69, 9.17) is 14.7 Å². The summed E-state index contributed by atoms with van der Waals surface area (Å²) in [4.78, 5) is 22.2. The number of nitriles is 1. The third kappa shape index (κ3) is 7.53. The van der Waals surface area contributed by atoms with Gasteiger partial charge in [-0.25, -0.2) is 13.8 Å². The van der Waals surface area contributed by atoms with Crippen LogP contribution in [0.3, 0.4) is 0 Å². The zero-order valence-electron chi connectivity index (χ0n) is 26.8. The molecular formula is C37H39F2N5O3. The van der Waals surface area contributed by atoms with Crippen molar-refractivity contribution in [1.82, 2.24) is 20.3 Å². The first-order chi connectivity index (χ1) is 22.8. The molecule has 2 heterocycles. The number of unbranched alkanes of at least 4 members (excludes halogenated alkanes) is 3. The molecule has 0 spiro atoms. The minimum Gasteiger partial charge on any atom is -0.463 e. The van der Waals surface area contributed by atoms with Gasteiger partial charge in [-0.05, 0) is 63.6 Å². The Morgan fingerprint density at radius 1 is 1.11 bits per heavy atom. The summed E-state index contributed by atoms with van der Waals surface area (Å²) in [5.41, 5.74) is 3.91. The fourth-order valence-corrected chi connectivity index (χ4v) is 6.13. The third-order valence-electron chi connectivity index (χ3n) is 8.68. The van der Waals surface area contributed by atoms with Gasteiger partial charge in [0.25, 0.3) is 6.47 Å². The third-order valence-corrected chi connectivity index (χ3v) is 8.68. The fourth-order valence-electron chi connectivity index (χ4n) is 6.13. The van der Waals surface area contributed by atoms with E-state index in [9.17, 15) is 4.79 Å². The molecule has 2 atom stereocenters. The molecule has 0 aliphatic carbocycles. The monoisotopic (exact) mass is 639 g/mol. The number of hydrogen-bond acceptors (Lipinski definition) is 6. The van der Waals surface area contributed by atoms with Gasteiger partial charge in [0, 0.05) is 65.4 Å². The summed E-state index contributed by atoms with van der Waals surface area (Å²) < 4.78 is 42.4. The van der Waals surface area contributed by atoms with Gasteiger partial charge in [0.1, 0.15) is 23.5 Å². The quantitative estimate of drug-likeness (QED) is 0.0744. The molecule has 0 amide bonds. The Morgan fingerprint density at radius 2 is 1.96 bits per heavy atom. The van der Waals surface area contributed by atoms with Crippen molar-refractivity contribution in [1.29, 1.82) is 5.26 Å². The van der Waals surface area contributed by atoms with Crippen LogP contribution in [-0.2, 0) is 21.4 Å². The molecule has 10 heteroatoms. The number of ether oxygens (including phenoxy) is 2. The Balaban J connectivity index is 1.48. The summed E-state index contributed by atoms with van der Waals surface area (Å²) in [6.07, 6.45) is 7.06. The second-order valence-electron chi connectivity index (χ2n) is 12.0. The van der Waals surface area contributed by atoms with Crippen molar-refractivity contribution in [3.05, 3.63) is 101 Å². The van der Waals surface area contributed by atoms with E-state index in [1.807, 2.05) is 25.1 Å². The number of aryl methyl sites for hydroxylation is 1. The highest BCUT2D eigenvalue weighted by Crippen LogP contribution is 2.39. The highest BCUT2D eigenvalue weighted by atomic mass is 19.1. The lowest BCUT2D eigenvalue weighted by atomic mass is 9.75. The standard InChI is InChI=1S/C37H39F2N5O3/c1-24-9-8-10-25(17-24)37(2,14-6-4-5-7-15-40)34-22-43-36(44-34)30-18-26(11-12-31(30)38)47-35-29(19-27(21-41-3)46-23-45)28-13-16-42-33(28)20-32(35)39/h8-13,16-18,20,22-23,27,41-42H,4-7,14,19,21H2,1-3H3,(H,43,44). The van der Waals surface area contributed by atoms with Gasteiger partial charge >= 0.3 is 0 Å². The molecule has 2 aromatic heterocycles. The molecule has 2 unspecified atom stereocenters. The number of aromatic nitrogens is 3. The maximum atomic E-state index is 15.6. The minimum absolute atomic E-state index is 0.0335. The van der Waals surface area contributed by atoms with Crippen LogP contribution in [0.2, 0.25) is 0 Å². The summed E-state index contributed by atoms with van der Waals surface area (Å²) in [6, 6.07) is 17.9. The molecule has 0 radical (unpaired) electrons. The Morgan fingerprint density at radius 3 is 2.72 bits per heavy atom. The van der Waals surface area contributed by atoms with Crippen LogP contribution in [0.1, 0.15) is 61.4 Å². The number of halogens is 2. The number of imidazole rings is 1. The van der Waals surface area contributed by atoms with Crippen molar-refractivity contribution in [2.45, 2.75) is 63.9 Å². The zero-order valence-corrected chi connectivity index (χ0v) is 26.8. The van der Waals surface area contributed by atoms with Crippen molar-refractivity contribution in [3.8, 4) is 29.0 Å². The first-order valence-corrected chi connectivity index (χ1v) is 15.8. The van der Waals surface area contributed by atoms with Crippen LogP contribution < -0.4 is 10.1 Å². The second-order valence-corrected chi connectivity index (χ2v) is 12.0. The van der Waals surface area contributed by atoms with Crippen molar-refractivity contribution >= 4 is 17.4 Å². The van der Waals surface area contributed by atoms with Gasteiger partial charge in [0.15, 0.2) is 11.6 Å². The smallest absolute Gasteiger partial charge is 0.293 e. The molecule has 47 heavy (non-hydrogen) atoms. The number of aromatic amines is 2. The van der Waals surface area contributed by atoms with Crippen molar-refractivity contribution in [3.63, 3.8) is 0 Å². The molecule has 5 rings (SSSR count). The van der Waals surface area contributed by atoms with E-state index in [-0.39, 0.29) is 23.5 Å². The van der Waals surface area contributed by atoms with Crippen LogP contribution >= 0.6 is 0 Å². The minimum atomic E-state index is -0.612. The first-order valence-electron chi connectivity index (χ1n) is 15.8. The van der Waals surface area contributed by atoms with E-state index in [1.54, 1.807) is 19.4 Å². The molecule has 0 saturated carbocycles. The lowest BCUT2D eigenvalue weighted by molar-refractivity contribution is -0.133. The molecule has 0 aliphatic rings. The molecular weight excluding hydrogens is 600 g/mol. The largest absolute Gasteiger partial charge is 0.463 e. The van der Waals surface area contributed by atoms with Crippen LogP contribution in [0.5, 0.6) is 11.5 Å². The second kappa shape index (κ2) is 15.1. The molecule has 8 nitrogen and oxygen atoms in total. The number of nitrogens with one attached hydrogen (secondary N) is 3. The fraction of sp³-hybridized carbons (Fsp3) is 0.324. The van der Waals surface area contributed by atoms with Gasteiger partial charge in [0.05, 0.1) is 11.6 Å². The number of carbonyl (C=O) groups is 1. The Kier molecular flexibility index (Phi) is 10.7. The predicted molar refractivity (Wildman–Crippen MR) is 177 cm³/mol. The molecule has 3 aromatic carbocycles. The summed E-state index contributed by atoms with van der Waals surface area (Å²) in [7, 11) is 1.73. The Labute approximate surface area is 273 Å². The lowest BCUT2D eigenvalue weighted by Crippen LogP contribution is -2.28. The van der Waals surface area contributed by atoms with Crippen molar-refractivity contribution < 1.29 is 23.0 Å². The number of likely N-dealkylation sites (N-methyl/N-ethyl adjacent to an activating group) is 1. The summed E-state index contributed by atoms with van der Waals surface area (Å²) in [6.45, 7) is 4.92. The topological polar surface area (TPSA) is 116 Å². The van der Waals surface area contributed by atoms with Gasteiger partial charge in [-0.2, -0.15) is 5.26 Å². The SMILES string of the molecule is CNCC(Cc1c(Oc2ccc(F)c(-c3ncc(C(C)(CCCCCC#N)c4cccc(C)c4)[nH]3)c2)c(F)cc2[nH]ccc12)OC=O. The normalized spacial score (nSPS) is 13.2. The van der Waals surface area contributed by atoms with Crippen molar-refractivity contribution in [2.24, 2.45) is 0 Å². The maximum Gasteiger partial charge on any atom is 0.293 e. The van der Waals surface area contributed by atoms with Crippen LogP contribution in [0.4, 0.5) is 8.78 Å². The summed E-state index contributed by atoms with van der Waals surface area (Å²) in [5, 5.41) is 12.6. The highest BCUT2D eigenvalue weighted by molar-refractivity contribution is 5.86. The zero-order chi connectivity index (χ0) is 33.4. The Hall–Kier alpha value is -5.01. The molecule has 244 valence electrons. The molecule has 0 bridgehead atoms.